The summed E-state index contributed by atoms with van der Waals surface area (Å²) >= 11 is 0. The van der Waals surface area contributed by atoms with E-state index >= 15 is 0 Å². The number of nitrogens with two attached hydrogens (primary N) is 1. The first kappa shape index (κ1) is 11.6. The van der Waals surface area contributed by atoms with Crippen molar-refractivity contribution in [2.75, 3.05) is 0 Å². The first-order valence-electron chi connectivity index (χ1n) is 6.21. The summed E-state index contributed by atoms with van der Waals surface area (Å²) in [5.41, 5.74) is 7.17. The van der Waals surface area contributed by atoms with Gasteiger partial charge in [-0.25, -0.2) is 4.39 Å². The van der Waals surface area contributed by atoms with Crippen LogP contribution >= 0.6 is 0 Å². The largest absolute Gasteiger partial charge is 0.324 e. The maximum absolute atomic E-state index is 13.1. The van der Waals surface area contributed by atoms with Crippen molar-refractivity contribution in [3.63, 3.8) is 0 Å². The average molecular weight is 221 g/mol. The fourth-order valence-electron chi connectivity index (χ4n) is 2.80. The van der Waals surface area contributed by atoms with E-state index in [1.165, 1.54) is 31.7 Å². The Morgan fingerprint density at radius 2 is 2.25 bits per heavy atom. The van der Waals surface area contributed by atoms with Gasteiger partial charge in [-0.3, -0.25) is 0 Å². The molecule has 1 nitrogen and oxygen atoms in total. The molecule has 1 aromatic carbocycles. The summed E-state index contributed by atoms with van der Waals surface area (Å²) in [6.45, 7) is 2.24. The van der Waals surface area contributed by atoms with Gasteiger partial charge in [-0.15, -0.1) is 0 Å². The first-order chi connectivity index (χ1) is 7.70. The second kappa shape index (κ2) is 4.96. The molecule has 1 fully saturated rings. The molecule has 0 aromatic heterocycles. The smallest absolute Gasteiger partial charge is 0.123 e. The Morgan fingerprint density at radius 1 is 1.44 bits per heavy atom. The Hall–Kier alpha value is -0.890. The molecule has 88 valence electrons. The predicted octanol–water partition coefficient (Wildman–Crippen LogP) is 3.65. The van der Waals surface area contributed by atoms with Crippen molar-refractivity contribution in [1.82, 2.24) is 0 Å². The van der Waals surface area contributed by atoms with Crippen LogP contribution in [0.15, 0.2) is 24.3 Å². The topological polar surface area (TPSA) is 26.0 Å². The fraction of sp³-hybridized carbons (Fsp3) is 0.571. The number of hydrogen-bond donors (Lipinski definition) is 1. The molecule has 1 aromatic rings. The second-order valence-corrected chi connectivity index (χ2v) is 4.93. The minimum atomic E-state index is -0.182. The molecule has 0 saturated heterocycles. The minimum absolute atomic E-state index is 0.00671. The van der Waals surface area contributed by atoms with Crippen LogP contribution in [0.4, 0.5) is 4.39 Å². The third kappa shape index (κ3) is 2.43. The van der Waals surface area contributed by atoms with E-state index in [0.717, 1.165) is 11.5 Å². The SMILES string of the molecule is CCC1CCC(C(N)c2cccc(F)c2)C1. The van der Waals surface area contributed by atoms with E-state index in [1.807, 2.05) is 6.07 Å². The zero-order valence-corrected chi connectivity index (χ0v) is 9.83. The Morgan fingerprint density at radius 3 is 2.88 bits per heavy atom. The summed E-state index contributed by atoms with van der Waals surface area (Å²) in [4.78, 5) is 0. The van der Waals surface area contributed by atoms with Crippen LogP contribution in [0.3, 0.4) is 0 Å². The second-order valence-electron chi connectivity index (χ2n) is 4.93. The Bertz CT molecular complexity index is 350. The van der Waals surface area contributed by atoms with E-state index in [-0.39, 0.29) is 11.9 Å². The fourth-order valence-corrected chi connectivity index (χ4v) is 2.80. The van der Waals surface area contributed by atoms with Crippen LogP contribution < -0.4 is 5.73 Å². The lowest BCUT2D eigenvalue weighted by molar-refractivity contribution is 0.415. The van der Waals surface area contributed by atoms with Crippen molar-refractivity contribution < 1.29 is 4.39 Å². The highest BCUT2D eigenvalue weighted by molar-refractivity contribution is 5.20. The zero-order chi connectivity index (χ0) is 11.5. The van der Waals surface area contributed by atoms with Crippen molar-refractivity contribution in [3.05, 3.63) is 35.6 Å². The summed E-state index contributed by atoms with van der Waals surface area (Å²) in [5, 5.41) is 0. The predicted molar refractivity (Wildman–Crippen MR) is 64.5 cm³/mol. The van der Waals surface area contributed by atoms with E-state index in [2.05, 4.69) is 6.92 Å². The van der Waals surface area contributed by atoms with Gasteiger partial charge in [-0.2, -0.15) is 0 Å². The normalized spacial score (nSPS) is 26.9. The van der Waals surface area contributed by atoms with Gasteiger partial charge in [0.1, 0.15) is 5.82 Å². The molecule has 2 heteroatoms. The lowest BCUT2D eigenvalue weighted by Crippen LogP contribution is -2.19. The maximum Gasteiger partial charge on any atom is 0.123 e. The Kier molecular flexibility index (Phi) is 3.59. The van der Waals surface area contributed by atoms with Crippen LogP contribution in [-0.2, 0) is 0 Å². The minimum Gasteiger partial charge on any atom is -0.324 e. The van der Waals surface area contributed by atoms with Gasteiger partial charge in [0.05, 0.1) is 0 Å². The summed E-state index contributed by atoms with van der Waals surface area (Å²) < 4.78 is 13.1. The molecule has 0 amide bonds. The molecule has 2 rings (SSSR count). The highest BCUT2D eigenvalue weighted by Crippen LogP contribution is 2.39. The molecule has 3 atom stereocenters. The molecule has 0 spiro atoms. The van der Waals surface area contributed by atoms with Gasteiger partial charge in [0.2, 0.25) is 0 Å². The number of benzene rings is 1. The van der Waals surface area contributed by atoms with Crippen LogP contribution in [0.25, 0.3) is 0 Å². The molecule has 1 aliphatic carbocycles. The maximum atomic E-state index is 13.1. The summed E-state index contributed by atoms with van der Waals surface area (Å²) in [7, 11) is 0. The quantitative estimate of drug-likeness (QED) is 0.828. The molecule has 0 heterocycles. The van der Waals surface area contributed by atoms with Crippen molar-refractivity contribution in [3.8, 4) is 0 Å². The highest BCUT2D eigenvalue weighted by atomic mass is 19.1. The third-order valence-corrected chi connectivity index (χ3v) is 3.90. The van der Waals surface area contributed by atoms with Crippen molar-refractivity contribution in [1.29, 1.82) is 0 Å². The van der Waals surface area contributed by atoms with Gasteiger partial charge in [0, 0.05) is 6.04 Å². The third-order valence-electron chi connectivity index (χ3n) is 3.90. The van der Waals surface area contributed by atoms with Crippen LogP contribution in [0.5, 0.6) is 0 Å². The van der Waals surface area contributed by atoms with Crippen LogP contribution in [0.2, 0.25) is 0 Å². The molecular formula is C14H20FN. The summed E-state index contributed by atoms with van der Waals surface area (Å²) in [6, 6.07) is 6.74. The van der Waals surface area contributed by atoms with Gasteiger partial charge in [-0.1, -0.05) is 31.9 Å². The first-order valence-corrected chi connectivity index (χ1v) is 6.21. The van der Waals surface area contributed by atoms with Gasteiger partial charge < -0.3 is 5.73 Å². The van der Waals surface area contributed by atoms with E-state index in [9.17, 15) is 4.39 Å². The molecule has 1 aliphatic rings. The zero-order valence-electron chi connectivity index (χ0n) is 9.83. The molecule has 1 saturated carbocycles. The molecule has 0 radical (unpaired) electrons. The molecule has 0 bridgehead atoms. The van der Waals surface area contributed by atoms with E-state index < -0.39 is 0 Å². The van der Waals surface area contributed by atoms with Crippen molar-refractivity contribution in [2.24, 2.45) is 17.6 Å². The number of rotatable bonds is 3. The van der Waals surface area contributed by atoms with Gasteiger partial charge in [-0.05, 0) is 42.4 Å². The summed E-state index contributed by atoms with van der Waals surface area (Å²) in [5.74, 6) is 1.18. The van der Waals surface area contributed by atoms with Gasteiger partial charge in [0.15, 0.2) is 0 Å². The van der Waals surface area contributed by atoms with Crippen molar-refractivity contribution >= 4 is 0 Å². The number of hydrogen-bond acceptors (Lipinski definition) is 1. The molecule has 16 heavy (non-hydrogen) atoms. The van der Waals surface area contributed by atoms with E-state index in [0.29, 0.717) is 5.92 Å². The number of halogens is 1. The monoisotopic (exact) mass is 221 g/mol. The van der Waals surface area contributed by atoms with Crippen LogP contribution in [-0.4, -0.2) is 0 Å². The molecule has 3 unspecified atom stereocenters. The van der Waals surface area contributed by atoms with Crippen LogP contribution in [0.1, 0.15) is 44.2 Å². The lowest BCUT2D eigenvalue weighted by atomic mass is 9.91. The Balaban J connectivity index is 2.05. The molecular weight excluding hydrogens is 201 g/mol. The van der Waals surface area contributed by atoms with E-state index in [1.54, 1.807) is 12.1 Å². The average Bonchev–Trinajstić information content (AvgIpc) is 2.76. The van der Waals surface area contributed by atoms with Crippen LogP contribution in [0, 0.1) is 17.7 Å². The van der Waals surface area contributed by atoms with Crippen molar-refractivity contribution in [2.45, 2.75) is 38.6 Å². The highest BCUT2D eigenvalue weighted by Gasteiger charge is 2.28. The van der Waals surface area contributed by atoms with Gasteiger partial charge >= 0.3 is 0 Å². The van der Waals surface area contributed by atoms with E-state index in [4.69, 9.17) is 5.73 Å². The molecule has 0 aliphatic heterocycles. The van der Waals surface area contributed by atoms with Gasteiger partial charge in [0.25, 0.3) is 0 Å². The summed E-state index contributed by atoms with van der Waals surface area (Å²) in [6.07, 6.45) is 4.92. The molecule has 2 N–H and O–H groups in total. The standard InChI is InChI=1S/C14H20FN/c1-2-10-6-7-12(8-10)14(16)11-4-3-5-13(15)9-11/h3-5,9-10,12,14H,2,6-8,16H2,1H3. The lowest BCUT2D eigenvalue weighted by Gasteiger charge is -2.19. The Labute approximate surface area is 96.9 Å².